The van der Waals surface area contributed by atoms with Crippen molar-refractivity contribution in [3.63, 3.8) is 0 Å². The highest BCUT2D eigenvalue weighted by atomic mass is 32.2. The Labute approximate surface area is 118 Å². The van der Waals surface area contributed by atoms with Crippen LogP contribution in [0.1, 0.15) is 20.8 Å². The van der Waals surface area contributed by atoms with Gasteiger partial charge in [-0.3, -0.25) is 4.79 Å². The summed E-state index contributed by atoms with van der Waals surface area (Å²) in [5.41, 5.74) is 0.495. The molecule has 1 amide bonds. The average molecular weight is 298 g/mol. The van der Waals surface area contributed by atoms with Crippen LogP contribution < -0.4 is 14.4 Å². The highest BCUT2D eigenvalue weighted by Crippen LogP contribution is 2.35. The molecule has 2 rings (SSSR count). The van der Waals surface area contributed by atoms with E-state index >= 15 is 0 Å². The molecule has 20 heavy (non-hydrogen) atoms. The van der Waals surface area contributed by atoms with Crippen molar-refractivity contribution in [3.05, 3.63) is 18.2 Å². The number of anilines is 1. The molecule has 0 aliphatic carbocycles. The van der Waals surface area contributed by atoms with Crippen molar-refractivity contribution in [1.29, 1.82) is 0 Å². The van der Waals surface area contributed by atoms with Crippen LogP contribution >= 0.6 is 0 Å². The molecule has 1 aromatic carbocycles. The van der Waals surface area contributed by atoms with E-state index in [0.29, 0.717) is 24.5 Å². The van der Waals surface area contributed by atoms with Crippen LogP contribution in [0.2, 0.25) is 0 Å². The summed E-state index contributed by atoms with van der Waals surface area (Å²) in [6, 6.07) is 4.54. The first kappa shape index (κ1) is 14.8. The molecular weight excluding hydrogens is 280 g/mol. The lowest BCUT2D eigenvalue weighted by molar-refractivity contribution is -0.125. The number of hydrogen-bond acceptors (Lipinski definition) is 4. The van der Waals surface area contributed by atoms with Gasteiger partial charge in [-0.1, -0.05) is 6.92 Å². The first-order valence-electron chi connectivity index (χ1n) is 6.52. The van der Waals surface area contributed by atoms with Gasteiger partial charge in [-0.25, -0.2) is 13.1 Å². The molecular formula is C13H18N2O4S. The summed E-state index contributed by atoms with van der Waals surface area (Å²) in [7, 11) is -3.55. The summed E-state index contributed by atoms with van der Waals surface area (Å²) in [6.45, 7) is 6.00. The fourth-order valence-electron chi connectivity index (χ4n) is 2.15. The molecule has 6 nitrogen and oxygen atoms in total. The Morgan fingerprint density at radius 3 is 2.65 bits per heavy atom. The van der Waals surface area contributed by atoms with E-state index in [1.54, 1.807) is 19.9 Å². The lowest BCUT2D eigenvalue weighted by Gasteiger charge is -2.32. The first-order valence-corrected chi connectivity index (χ1v) is 8.00. The monoisotopic (exact) mass is 298 g/mol. The summed E-state index contributed by atoms with van der Waals surface area (Å²) in [5, 5.41) is 0. The minimum atomic E-state index is -3.55. The number of sulfonamides is 1. The summed E-state index contributed by atoms with van der Waals surface area (Å²) in [6.07, 6.45) is -0.557. The maximum atomic E-state index is 12.0. The van der Waals surface area contributed by atoms with Crippen LogP contribution in [0, 0.1) is 0 Å². The number of benzene rings is 1. The zero-order valence-corrected chi connectivity index (χ0v) is 12.5. The molecule has 7 heteroatoms. The maximum absolute atomic E-state index is 12.0. The van der Waals surface area contributed by atoms with Gasteiger partial charge in [0, 0.05) is 13.1 Å². The molecule has 1 heterocycles. The predicted molar refractivity (Wildman–Crippen MR) is 75.4 cm³/mol. The number of nitrogens with zero attached hydrogens (tertiary/aromatic N) is 1. The standard InChI is InChI=1S/C13H18N2O4S/c1-4-14-20(17,18)10-6-7-12-11(8-10)15(5-2)13(16)9(3)19-12/h6-9,14H,4-5H2,1-3H3. The van der Waals surface area contributed by atoms with E-state index in [0.717, 1.165) is 0 Å². The SMILES string of the molecule is CCNS(=O)(=O)c1ccc2c(c1)N(CC)C(=O)C(C)O2. The van der Waals surface area contributed by atoms with Crippen molar-refractivity contribution in [3.8, 4) is 5.75 Å². The lowest BCUT2D eigenvalue weighted by Crippen LogP contribution is -2.44. The van der Waals surface area contributed by atoms with E-state index in [4.69, 9.17) is 4.74 Å². The fourth-order valence-corrected chi connectivity index (χ4v) is 3.21. The number of amides is 1. The molecule has 0 saturated carbocycles. The number of likely N-dealkylation sites (N-methyl/N-ethyl adjacent to an activating group) is 1. The van der Waals surface area contributed by atoms with Gasteiger partial charge in [-0.2, -0.15) is 0 Å². The zero-order chi connectivity index (χ0) is 14.9. The maximum Gasteiger partial charge on any atom is 0.267 e. The van der Waals surface area contributed by atoms with E-state index in [-0.39, 0.29) is 10.8 Å². The molecule has 0 aromatic heterocycles. The van der Waals surface area contributed by atoms with Crippen LogP contribution in [-0.2, 0) is 14.8 Å². The smallest absolute Gasteiger partial charge is 0.267 e. The van der Waals surface area contributed by atoms with Gasteiger partial charge < -0.3 is 9.64 Å². The van der Waals surface area contributed by atoms with Crippen LogP contribution in [0.4, 0.5) is 5.69 Å². The third-order valence-electron chi connectivity index (χ3n) is 3.10. The largest absolute Gasteiger partial charge is 0.479 e. The summed E-state index contributed by atoms with van der Waals surface area (Å²) < 4.78 is 31.9. The summed E-state index contributed by atoms with van der Waals surface area (Å²) in [4.78, 5) is 13.7. The lowest BCUT2D eigenvalue weighted by atomic mass is 10.2. The van der Waals surface area contributed by atoms with E-state index in [1.807, 2.05) is 6.92 Å². The second-order valence-electron chi connectivity index (χ2n) is 4.47. The van der Waals surface area contributed by atoms with Crippen molar-refractivity contribution < 1.29 is 17.9 Å². The number of nitrogens with one attached hydrogen (secondary N) is 1. The molecule has 0 spiro atoms. The van der Waals surface area contributed by atoms with Crippen LogP contribution in [0.5, 0.6) is 5.75 Å². The van der Waals surface area contributed by atoms with Gasteiger partial charge in [0.15, 0.2) is 6.10 Å². The van der Waals surface area contributed by atoms with Gasteiger partial charge in [0.25, 0.3) is 5.91 Å². The number of carbonyl (C=O) groups is 1. The third-order valence-corrected chi connectivity index (χ3v) is 4.64. The molecule has 1 aliphatic rings. The average Bonchev–Trinajstić information content (AvgIpc) is 2.39. The molecule has 0 radical (unpaired) electrons. The molecule has 0 bridgehead atoms. The van der Waals surface area contributed by atoms with Crippen molar-refractivity contribution in [2.75, 3.05) is 18.0 Å². The quantitative estimate of drug-likeness (QED) is 0.903. The van der Waals surface area contributed by atoms with Gasteiger partial charge in [-0.15, -0.1) is 0 Å². The van der Waals surface area contributed by atoms with E-state index < -0.39 is 16.1 Å². The highest BCUT2D eigenvalue weighted by Gasteiger charge is 2.31. The molecule has 1 atom stereocenters. The number of fused-ring (bicyclic) bond motifs is 1. The number of ether oxygens (including phenoxy) is 1. The third kappa shape index (κ3) is 2.51. The zero-order valence-electron chi connectivity index (χ0n) is 11.7. The van der Waals surface area contributed by atoms with Gasteiger partial charge in [0.05, 0.1) is 10.6 Å². The van der Waals surface area contributed by atoms with Gasteiger partial charge >= 0.3 is 0 Å². The molecule has 1 unspecified atom stereocenters. The van der Waals surface area contributed by atoms with Crippen molar-refractivity contribution in [2.45, 2.75) is 31.8 Å². The van der Waals surface area contributed by atoms with Gasteiger partial charge in [0.2, 0.25) is 10.0 Å². The Morgan fingerprint density at radius 1 is 1.35 bits per heavy atom. The highest BCUT2D eigenvalue weighted by molar-refractivity contribution is 7.89. The Bertz CT molecular complexity index is 627. The summed E-state index contributed by atoms with van der Waals surface area (Å²) in [5.74, 6) is 0.354. The fraction of sp³-hybridized carbons (Fsp3) is 0.462. The van der Waals surface area contributed by atoms with Crippen LogP contribution in [0.15, 0.2) is 23.1 Å². The molecule has 1 N–H and O–H groups in total. The minimum absolute atomic E-state index is 0.127. The topological polar surface area (TPSA) is 75.7 Å². The molecule has 0 fully saturated rings. The van der Waals surface area contributed by atoms with E-state index in [1.165, 1.54) is 17.0 Å². The van der Waals surface area contributed by atoms with Crippen molar-refractivity contribution in [1.82, 2.24) is 4.72 Å². The first-order chi connectivity index (χ1) is 9.40. The van der Waals surface area contributed by atoms with Crippen molar-refractivity contribution in [2.24, 2.45) is 0 Å². The Hall–Kier alpha value is -1.60. The number of carbonyl (C=O) groups excluding carboxylic acids is 1. The second-order valence-corrected chi connectivity index (χ2v) is 6.24. The summed E-state index contributed by atoms with van der Waals surface area (Å²) >= 11 is 0. The molecule has 0 saturated heterocycles. The minimum Gasteiger partial charge on any atom is -0.479 e. The van der Waals surface area contributed by atoms with E-state index in [2.05, 4.69) is 4.72 Å². The van der Waals surface area contributed by atoms with Crippen molar-refractivity contribution >= 4 is 21.6 Å². The second kappa shape index (κ2) is 5.41. The van der Waals surface area contributed by atoms with E-state index in [9.17, 15) is 13.2 Å². The van der Waals surface area contributed by atoms with Crippen LogP contribution in [-0.4, -0.2) is 33.5 Å². The Kier molecular flexibility index (Phi) is 4.01. The Morgan fingerprint density at radius 2 is 2.05 bits per heavy atom. The Balaban J connectivity index is 2.50. The number of hydrogen-bond donors (Lipinski definition) is 1. The molecule has 110 valence electrons. The molecule has 1 aliphatic heterocycles. The predicted octanol–water partition coefficient (Wildman–Crippen LogP) is 1.12. The van der Waals surface area contributed by atoms with Gasteiger partial charge in [-0.05, 0) is 32.0 Å². The molecule has 1 aromatic rings. The van der Waals surface area contributed by atoms with Crippen LogP contribution in [0.25, 0.3) is 0 Å². The van der Waals surface area contributed by atoms with Crippen LogP contribution in [0.3, 0.4) is 0 Å². The normalized spacial score (nSPS) is 18.6. The van der Waals surface area contributed by atoms with Gasteiger partial charge in [0.1, 0.15) is 5.75 Å². The number of rotatable bonds is 4.